The van der Waals surface area contributed by atoms with Gasteiger partial charge >= 0.3 is 11.9 Å². The van der Waals surface area contributed by atoms with Gasteiger partial charge in [0, 0.05) is 12.5 Å². The number of carbonyl (C=O) groups is 3. The highest BCUT2D eigenvalue weighted by Gasteiger charge is 2.18. The minimum Gasteiger partial charge on any atom is -0.481 e. The molecular weight excluding hydrogens is 216 g/mol. The summed E-state index contributed by atoms with van der Waals surface area (Å²) in [6, 6.07) is -1.45. The Morgan fingerprint density at radius 2 is 1.81 bits per heavy atom. The molecule has 0 bridgehead atoms. The number of carboxylic acid groups (broad SMARTS) is 2. The van der Waals surface area contributed by atoms with Crippen LogP contribution in [0.15, 0.2) is 0 Å². The zero-order chi connectivity index (χ0) is 12.7. The third kappa shape index (κ3) is 6.77. The molecule has 2 atom stereocenters. The molecule has 0 fully saturated rings. The van der Waals surface area contributed by atoms with Crippen molar-refractivity contribution in [3.8, 4) is 0 Å². The van der Waals surface area contributed by atoms with Crippen LogP contribution < -0.4 is 11.1 Å². The summed E-state index contributed by atoms with van der Waals surface area (Å²) in [6.07, 6.45) is -0.228. The zero-order valence-electron chi connectivity index (χ0n) is 8.97. The SMILES string of the molecule is C[C@@H](CCC(=O)O)NC(=O)[C@@H](N)CC(=O)O. The fourth-order valence-corrected chi connectivity index (χ4v) is 1.04. The predicted molar refractivity (Wildman–Crippen MR) is 54.7 cm³/mol. The normalized spacial score (nSPS) is 13.9. The van der Waals surface area contributed by atoms with Crippen LogP contribution in [0.3, 0.4) is 0 Å². The van der Waals surface area contributed by atoms with Crippen LogP contribution in [-0.4, -0.2) is 40.1 Å². The minimum absolute atomic E-state index is 0.0599. The largest absolute Gasteiger partial charge is 0.481 e. The molecule has 0 saturated heterocycles. The van der Waals surface area contributed by atoms with E-state index >= 15 is 0 Å². The average molecular weight is 232 g/mol. The quantitative estimate of drug-likeness (QED) is 0.452. The maximum absolute atomic E-state index is 11.3. The molecule has 92 valence electrons. The molecule has 0 aromatic heterocycles. The van der Waals surface area contributed by atoms with E-state index in [1.165, 1.54) is 0 Å². The summed E-state index contributed by atoms with van der Waals surface area (Å²) in [5, 5.41) is 19.3. The lowest BCUT2D eigenvalue weighted by Gasteiger charge is -2.15. The number of carboxylic acids is 2. The van der Waals surface area contributed by atoms with E-state index in [-0.39, 0.29) is 18.9 Å². The van der Waals surface area contributed by atoms with Gasteiger partial charge in [0.05, 0.1) is 12.5 Å². The van der Waals surface area contributed by atoms with E-state index in [0.717, 1.165) is 0 Å². The van der Waals surface area contributed by atoms with E-state index in [4.69, 9.17) is 15.9 Å². The minimum atomic E-state index is -1.15. The number of carbonyl (C=O) groups excluding carboxylic acids is 1. The van der Waals surface area contributed by atoms with Crippen LogP contribution in [-0.2, 0) is 14.4 Å². The summed E-state index contributed by atoms with van der Waals surface area (Å²) in [4.78, 5) is 31.8. The van der Waals surface area contributed by atoms with Gasteiger partial charge in [-0.3, -0.25) is 14.4 Å². The van der Waals surface area contributed by atoms with Crippen molar-refractivity contribution in [2.45, 2.75) is 38.3 Å². The molecule has 0 saturated carbocycles. The molecule has 0 radical (unpaired) electrons. The Balaban J connectivity index is 3.93. The van der Waals surface area contributed by atoms with Crippen LogP contribution in [0, 0.1) is 0 Å². The van der Waals surface area contributed by atoms with Crippen LogP contribution in [0.25, 0.3) is 0 Å². The molecule has 7 heteroatoms. The molecule has 0 rings (SSSR count). The first-order valence-electron chi connectivity index (χ1n) is 4.82. The first kappa shape index (κ1) is 14.4. The van der Waals surface area contributed by atoms with E-state index < -0.39 is 30.3 Å². The first-order valence-corrected chi connectivity index (χ1v) is 4.82. The summed E-state index contributed by atoms with van der Waals surface area (Å²) in [5.41, 5.74) is 5.31. The Bertz CT molecular complexity index is 279. The van der Waals surface area contributed by atoms with Gasteiger partial charge in [0.15, 0.2) is 0 Å². The lowest BCUT2D eigenvalue weighted by atomic mass is 10.1. The molecule has 1 amide bonds. The Labute approximate surface area is 92.6 Å². The van der Waals surface area contributed by atoms with Gasteiger partial charge in [-0.25, -0.2) is 0 Å². The molecule has 0 aliphatic carbocycles. The predicted octanol–water partition coefficient (Wildman–Crippen LogP) is -0.842. The Hall–Kier alpha value is -1.63. The maximum Gasteiger partial charge on any atom is 0.305 e. The number of aliphatic carboxylic acids is 2. The molecule has 0 aliphatic rings. The van der Waals surface area contributed by atoms with Crippen molar-refractivity contribution in [2.24, 2.45) is 5.73 Å². The zero-order valence-corrected chi connectivity index (χ0v) is 8.97. The second kappa shape index (κ2) is 6.78. The monoisotopic (exact) mass is 232 g/mol. The Kier molecular flexibility index (Phi) is 6.09. The van der Waals surface area contributed by atoms with Crippen LogP contribution in [0.5, 0.6) is 0 Å². The molecule has 0 aromatic carbocycles. The van der Waals surface area contributed by atoms with Crippen LogP contribution in [0.2, 0.25) is 0 Å². The standard InChI is InChI=1S/C9H16N2O5/c1-5(2-3-7(12)13)11-9(16)6(10)4-8(14)15/h5-6H,2-4,10H2,1H3,(H,11,16)(H,12,13)(H,14,15)/t5-,6-/m0/s1. The molecule has 0 unspecified atom stereocenters. The topological polar surface area (TPSA) is 130 Å². The van der Waals surface area contributed by atoms with E-state index in [9.17, 15) is 14.4 Å². The average Bonchev–Trinajstić information content (AvgIpc) is 2.13. The van der Waals surface area contributed by atoms with Crippen molar-refractivity contribution in [3.05, 3.63) is 0 Å². The number of rotatable bonds is 7. The second-order valence-electron chi connectivity index (χ2n) is 3.55. The van der Waals surface area contributed by atoms with Crippen molar-refractivity contribution in [2.75, 3.05) is 0 Å². The summed E-state index contributed by atoms with van der Waals surface area (Å²) in [5.74, 6) is -2.68. The van der Waals surface area contributed by atoms with Gasteiger partial charge in [-0.2, -0.15) is 0 Å². The third-order valence-corrected chi connectivity index (χ3v) is 1.91. The number of hydrogen-bond acceptors (Lipinski definition) is 4. The van der Waals surface area contributed by atoms with Crippen molar-refractivity contribution in [1.29, 1.82) is 0 Å². The van der Waals surface area contributed by atoms with Crippen molar-refractivity contribution in [3.63, 3.8) is 0 Å². The molecule has 5 N–H and O–H groups in total. The smallest absolute Gasteiger partial charge is 0.305 e. The van der Waals surface area contributed by atoms with E-state index in [0.29, 0.717) is 0 Å². The molecule has 0 aliphatic heterocycles. The summed E-state index contributed by atoms with van der Waals surface area (Å²) < 4.78 is 0. The van der Waals surface area contributed by atoms with E-state index in [2.05, 4.69) is 5.32 Å². The highest BCUT2D eigenvalue weighted by atomic mass is 16.4. The second-order valence-corrected chi connectivity index (χ2v) is 3.55. The van der Waals surface area contributed by atoms with Crippen molar-refractivity contribution in [1.82, 2.24) is 5.32 Å². The molecule has 0 aromatic rings. The van der Waals surface area contributed by atoms with E-state index in [1.807, 2.05) is 0 Å². The van der Waals surface area contributed by atoms with Gasteiger partial charge in [0.1, 0.15) is 0 Å². The summed E-state index contributed by atoms with van der Waals surface area (Å²) in [6.45, 7) is 1.63. The highest BCUT2D eigenvalue weighted by molar-refractivity contribution is 5.86. The number of amides is 1. The van der Waals surface area contributed by atoms with Crippen LogP contribution in [0.4, 0.5) is 0 Å². The first-order chi connectivity index (χ1) is 7.32. The van der Waals surface area contributed by atoms with Gasteiger partial charge in [-0.05, 0) is 13.3 Å². The summed E-state index contributed by atoms with van der Waals surface area (Å²) >= 11 is 0. The Morgan fingerprint density at radius 3 is 2.25 bits per heavy atom. The third-order valence-electron chi connectivity index (χ3n) is 1.91. The molecular formula is C9H16N2O5. The number of nitrogens with one attached hydrogen (secondary N) is 1. The molecule has 0 spiro atoms. The summed E-state index contributed by atoms with van der Waals surface area (Å²) in [7, 11) is 0. The molecule has 0 heterocycles. The van der Waals surface area contributed by atoms with Gasteiger partial charge in [0.25, 0.3) is 0 Å². The van der Waals surface area contributed by atoms with Crippen LogP contribution >= 0.6 is 0 Å². The van der Waals surface area contributed by atoms with E-state index in [1.54, 1.807) is 6.92 Å². The number of nitrogens with two attached hydrogens (primary N) is 1. The maximum atomic E-state index is 11.3. The number of hydrogen-bond donors (Lipinski definition) is 4. The lowest BCUT2D eigenvalue weighted by molar-refractivity contribution is -0.139. The van der Waals surface area contributed by atoms with Gasteiger partial charge in [0.2, 0.25) is 5.91 Å². The van der Waals surface area contributed by atoms with Crippen LogP contribution in [0.1, 0.15) is 26.2 Å². The molecule has 7 nitrogen and oxygen atoms in total. The van der Waals surface area contributed by atoms with Crippen molar-refractivity contribution >= 4 is 17.8 Å². The fraction of sp³-hybridized carbons (Fsp3) is 0.667. The Morgan fingerprint density at radius 1 is 1.25 bits per heavy atom. The highest BCUT2D eigenvalue weighted by Crippen LogP contribution is 1.97. The van der Waals surface area contributed by atoms with Crippen molar-refractivity contribution < 1.29 is 24.6 Å². The molecule has 16 heavy (non-hydrogen) atoms. The fourth-order valence-electron chi connectivity index (χ4n) is 1.04. The van der Waals surface area contributed by atoms with Gasteiger partial charge in [-0.1, -0.05) is 0 Å². The lowest BCUT2D eigenvalue weighted by Crippen LogP contribution is -2.45. The van der Waals surface area contributed by atoms with Gasteiger partial charge < -0.3 is 21.3 Å². The van der Waals surface area contributed by atoms with Gasteiger partial charge in [-0.15, -0.1) is 0 Å².